The highest BCUT2D eigenvalue weighted by Gasteiger charge is 2.19. The molecule has 0 aromatic heterocycles. The number of carbonyl (C=O) groups excluding carboxylic acids is 3. The van der Waals surface area contributed by atoms with Crippen LogP contribution in [0.3, 0.4) is 0 Å². The average Bonchev–Trinajstić information content (AvgIpc) is 3.28. The van der Waals surface area contributed by atoms with Crippen molar-refractivity contribution in [3.05, 3.63) is 0 Å². The molecule has 0 amide bonds. The van der Waals surface area contributed by atoms with Gasteiger partial charge in [0.15, 0.2) is 6.10 Å². The molecule has 0 saturated carbocycles. The molecule has 0 heterocycles. The van der Waals surface area contributed by atoms with E-state index >= 15 is 0 Å². The second kappa shape index (κ2) is 49.3. The molecule has 0 aromatic rings. The van der Waals surface area contributed by atoms with Gasteiger partial charge in [0.25, 0.3) is 0 Å². The summed E-state index contributed by atoms with van der Waals surface area (Å²) < 4.78 is 16.9. The summed E-state index contributed by atoms with van der Waals surface area (Å²) in [5, 5.41) is 0. The molecule has 0 bridgehead atoms. The zero-order chi connectivity index (χ0) is 47.0. The minimum atomic E-state index is -0.764. The van der Waals surface area contributed by atoms with Gasteiger partial charge >= 0.3 is 17.9 Å². The monoisotopic (exact) mass is 905 g/mol. The molecule has 0 aromatic carbocycles. The summed E-state index contributed by atoms with van der Waals surface area (Å²) in [6.45, 7) is 13.8. The van der Waals surface area contributed by atoms with Gasteiger partial charge in [-0.3, -0.25) is 14.4 Å². The maximum Gasteiger partial charge on any atom is 0.306 e. The number of carbonyl (C=O) groups is 3. The first-order valence-corrected chi connectivity index (χ1v) is 28.7. The van der Waals surface area contributed by atoms with Crippen LogP contribution in [0.5, 0.6) is 0 Å². The van der Waals surface area contributed by atoms with Crippen molar-refractivity contribution < 1.29 is 28.6 Å². The standard InChI is InChI=1S/C58H112O6/c1-7-53(5)45-39-33-27-23-19-15-12-13-17-21-25-29-36-42-48-57(60)63-51-55(64-58(61)49-43-37-31-30-34-40-46-54(6)8-2)50-62-56(59)47-41-35-28-24-20-16-11-9-10-14-18-22-26-32-38-44-52(3)4/h52-55H,7-51H2,1-6H3/t53?,54?,55-/m0/s1. The number of hydrogen-bond donors (Lipinski definition) is 0. The highest BCUT2D eigenvalue weighted by atomic mass is 16.6. The molecule has 3 atom stereocenters. The highest BCUT2D eigenvalue weighted by molar-refractivity contribution is 5.71. The molecule has 6 heteroatoms. The van der Waals surface area contributed by atoms with E-state index < -0.39 is 6.10 Å². The van der Waals surface area contributed by atoms with Crippen molar-refractivity contribution in [2.75, 3.05) is 13.2 Å². The molecule has 0 saturated heterocycles. The van der Waals surface area contributed by atoms with E-state index in [0.29, 0.717) is 19.3 Å². The van der Waals surface area contributed by atoms with Crippen LogP contribution in [-0.2, 0) is 28.6 Å². The van der Waals surface area contributed by atoms with Gasteiger partial charge in [-0.2, -0.15) is 0 Å². The highest BCUT2D eigenvalue weighted by Crippen LogP contribution is 2.19. The molecule has 0 fully saturated rings. The summed E-state index contributed by atoms with van der Waals surface area (Å²) in [5.74, 6) is 1.71. The van der Waals surface area contributed by atoms with Gasteiger partial charge in [-0.05, 0) is 37.0 Å². The summed E-state index contributed by atoms with van der Waals surface area (Å²) >= 11 is 0. The minimum absolute atomic E-state index is 0.0646. The van der Waals surface area contributed by atoms with E-state index in [1.54, 1.807) is 0 Å². The van der Waals surface area contributed by atoms with Crippen molar-refractivity contribution in [1.29, 1.82) is 0 Å². The van der Waals surface area contributed by atoms with Crippen molar-refractivity contribution >= 4 is 17.9 Å². The zero-order valence-electron chi connectivity index (χ0n) is 44.1. The molecule has 0 N–H and O–H groups in total. The maximum atomic E-state index is 12.8. The van der Waals surface area contributed by atoms with Crippen molar-refractivity contribution in [3.63, 3.8) is 0 Å². The smallest absolute Gasteiger partial charge is 0.306 e. The third-order valence-electron chi connectivity index (χ3n) is 13.9. The Morgan fingerprint density at radius 1 is 0.312 bits per heavy atom. The van der Waals surface area contributed by atoms with Gasteiger partial charge in [0.2, 0.25) is 0 Å². The Morgan fingerprint density at radius 2 is 0.547 bits per heavy atom. The van der Waals surface area contributed by atoms with E-state index in [0.717, 1.165) is 75.5 Å². The summed E-state index contributed by atoms with van der Waals surface area (Å²) in [6, 6.07) is 0. The van der Waals surface area contributed by atoms with Crippen LogP contribution in [0.1, 0.15) is 318 Å². The first-order valence-electron chi connectivity index (χ1n) is 28.7. The number of hydrogen-bond acceptors (Lipinski definition) is 6. The number of ether oxygens (including phenoxy) is 3. The average molecular weight is 906 g/mol. The minimum Gasteiger partial charge on any atom is -0.462 e. The lowest BCUT2D eigenvalue weighted by Gasteiger charge is -2.18. The number of esters is 3. The van der Waals surface area contributed by atoms with Gasteiger partial charge in [0.05, 0.1) is 0 Å². The Hall–Kier alpha value is -1.59. The number of rotatable bonds is 51. The lowest BCUT2D eigenvalue weighted by molar-refractivity contribution is -0.167. The van der Waals surface area contributed by atoms with Gasteiger partial charge in [0.1, 0.15) is 13.2 Å². The van der Waals surface area contributed by atoms with Gasteiger partial charge in [-0.1, -0.05) is 279 Å². The Bertz CT molecular complexity index is 995. The fourth-order valence-corrected chi connectivity index (χ4v) is 8.76. The second-order valence-corrected chi connectivity index (χ2v) is 20.9. The Morgan fingerprint density at radius 3 is 0.812 bits per heavy atom. The molecule has 0 spiro atoms. The molecule has 0 aliphatic rings. The number of unbranched alkanes of at least 4 members (excludes halogenated alkanes) is 32. The van der Waals surface area contributed by atoms with Crippen LogP contribution in [0.15, 0.2) is 0 Å². The van der Waals surface area contributed by atoms with Crippen LogP contribution in [0, 0.1) is 17.8 Å². The third kappa shape index (κ3) is 48.3. The molecular weight excluding hydrogens is 793 g/mol. The van der Waals surface area contributed by atoms with Crippen LogP contribution < -0.4 is 0 Å². The van der Waals surface area contributed by atoms with Crippen molar-refractivity contribution in [1.82, 2.24) is 0 Å². The van der Waals surface area contributed by atoms with Crippen molar-refractivity contribution in [3.8, 4) is 0 Å². The molecule has 6 nitrogen and oxygen atoms in total. The fraction of sp³-hybridized carbons (Fsp3) is 0.948. The van der Waals surface area contributed by atoms with Crippen LogP contribution in [0.2, 0.25) is 0 Å². The van der Waals surface area contributed by atoms with E-state index in [1.807, 2.05) is 0 Å². The third-order valence-corrected chi connectivity index (χ3v) is 13.9. The Balaban J connectivity index is 4.23. The van der Waals surface area contributed by atoms with E-state index in [4.69, 9.17) is 14.2 Å². The SMILES string of the molecule is CCC(C)CCCCCCCCCCCCCCCCC(=O)OC[C@H](COC(=O)CCCCCCCCCCCCCCCCCC(C)C)OC(=O)CCCCCCCCC(C)CC. The summed E-state index contributed by atoms with van der Waals surface area (Å²) in [7, 11) is 0. The van der Waals surface area contributed by atoms with Crippen molar-refractivity contribution in [2.24, 2.45) is 17.8 Å². The lowest BCUT2D eigenvalue weighted by Crippen LogP contribution is -2.30. The van der Waals surface area contributed by atoms with Crippen LogP contribution in [0.25, 0.3) is 0 Å². The first kappa shape index (κ1) is 62.4. The van der Waals surface area contributed by atoms with E-state index in [-0.39, 0.29) is 31.1 Å². The maximum absolute atomic E-state index is 12.8. The first-order chi connectivity index (χ1) is 31.2. The molecule has 0 rings (SSSR count). The van der Waals surface area contributed by atoms with Crippen molar-refractivity contribution in [2.45, 2.75) is 324 Å². The topological polar surface area (TPSA) is 78.9 Å². The van der Waals surface area contributed by atoms with Crippen LogP contribution in [0.4, 0.5) is 0 Å². The molecule has 0 aliphatic heterocycles. The van der Waals surface area contributed by atoms with Gasteiger partial charge < -0.3 is 14.2 Å². The molecule has 0 radical (unpaired) electrons. The normalized spacial score (nSPS) is 13.0. The zero-order valence-corrected chi connectivity index (χ0v) is 44.1. The van der Waals surface area contributed by atoms with Crippen LogP contribution >= 0.6 is 0 Å². The van der Waals surface area contributed by atoms with E-state index in [9.17, 15) is 14.4 Å². The Kier molecular flexibility index (Phi) is 48.1. The quantitative estimate of drug-likeness (QED) is 0.0344. The van der Waals surface area contributed by atoms with Crippen LogP contribution in [-0.4, -0.2) is 37.2 Å². The summed E-state index contributed by atoms with van der Waals surface area (Å²) in [5.41, 5.74) is 0. The summed E-state index contributed by atoms with van der Waals surface area (Å²) in [4.78, 5) is 38.1. The fourth-order valence-electron chi connectivity index (χ4n) is 8.76. The van der Waals surface area contributed by atoms with E-state index in [1.165, 1.54) is 199 Å². The molecule has 380 valence electrons. The predicted octanol–water partition coefficient (Wildman–Crippen LogP) is 18.7. The largest absolute Gasteiger partial charge is 0.462 e. The lowest BCUT2D eigenvalue weighted by atomic mass is 9.99. The molecule has 64 heavy (non-hydrogen) atoms. The summed E-state index contributed by atoms with van der Waals surface area (Å²) in [6.07, 6.45) is 50.9. The molecular formula is C58H112O6. The van der Waals surface area contributed by atoms with E-state index in [2.05, 4.69) is 41.5 Å². The second-order valence-electron chi connectivity index (χ2n) is 20.9. The van der Waals surface area contributed by atoms with Gasteiger partial charge in [-0.25, -0.2) is 0 Å². The predicted molar refractivity (Wildman–Crippen MR) is 275 cm³/mol. The molecule has 2 unspecified atom stereocenters. The molecule has 0 aliphatic carbocycles. The van der Waals surface area contributed by atoms with Gasteiger partial charge in [0, 0.05) is 19.3 Å². The van der Waals surface area contributed by atoms with Gasteiger partial charge in [-0.15, -0.1) is 0 Å². The Labute approximate surface area is 399 Å².